The molecule has 5 heteroatoms. The molecular formula is C16H21NO4. The summed E-state index contributed by atoms with van der Waals surface area (Å²) in [5.41, 5.74) is 2.19. The highest BCUT2D eigenvalue weighted by Crippen LogP contribution is 2.15. The minimum Gasteiger partial charge on any atom is -0.455 e. The largest absolute Gasteiger partial charge is 0.455 e. The van der Waals surface area contributed by atoms with E-state index in [0.29, 0.717) is 32.6 Å². The van der Waals surface area contributed by atoms with Crippen LogP contribution < -0.4 is 5.32 Å². The van der Waals surface area contributed by atoms with Gasteiger partial charge in [-0.25, -0.2) is 0 Å². The molecule has 114 valence electrons. The number of aryl methyl sites for hydroxylation is 1. The van der Waals surface area contributed by atoms with Crippen molar-refractivity contribution in [3.63, 3.8) is 0 Å². The Balaban J connectivity index is 1.67. The van der Waals surface area contributed by atoms with Crippen LogP contribution in [0.25, 0.3) is 0 Å². The fourth-order valence-electron chi connectivity index (χ4n) is 2.15. The van der Waals surface area contributed by atoms with Gasteiger partial charge in [-0.3, -0.25) is 9.59 Å². The van der Waals surface area contributed by atoms with Gasteiger partial charge < -0.3 is 14.8 Å². The molecule has 1 aromatic carbocycles. The van der Waals surface area contributed by atoms with Crippen molar-refractivity contribution in [1.29, 1.82) is 0 Å². The van der Waals surface area contributed by atoms with Gasteiger partial charge >= 0.3 is 5.97 Å². The number of esters is 1. The molecule has 2 rings (SSSR count). The zero-order valence-electron chi connectivity index (χ0n) is 12.3. The molecule has 0 saturated carbocycles. The molecule has 1 N–H and O–H groups in total. The molecule has 0 aliphatic carbocycles. The van der Waals surface area contributed by atoms with Gasteiger partial charge in [-0.1, -0.05) is 29.8 Å². The third-order valence-electron chi connectivity index (χ3n) is 3.51. The van der Waals surface area contributed by atoms with E-state index in [1.165, 1.54) is 5.56 Å². The Bertz CT molecular complexity index is 478. The summed E-state index contributed by atoms with van der Waals surface area (Å²) in [6.45, 7) is 3.40. The summed E-state index contributed by atoms with van der Waals surface area (Å²) in [7, 11) is 0. The van der Waals surface area contributed by atoms with Crippen molar-refractivity contribution in [2.45, 2.75) is 26.3 Å². The second-order valence-electron chi connectivity index (χ2n) is 5.26. The number of carbonyl (C=O) groups is 2. The van der Waals surface area contributed by atoms with Crippen LogP contribution in [-0.2, 0) is 25.6 Å². The maximum atomic E-state index is 11.8. The molecule has 1 aliphatic rings. The summed E-state index contributed by atoms with van der Waals surface area (Å²) in [4.78, 5) is 23.4. The van der Waals surface area contributed by atoms with Crippen LogP contribution in [0.4, 0.5) is 0 Å². The number of hydrogen-bond donors (Lipinski definition) is 1. The maximum absolute atomic E-state index is 11.8. The Kier molecular flexibility index (Phi) is 5.75. The summed E-state index contributed by atoms with van der Waals surface area (Å²) < 4.78 is 10.2. The first-order valence-electron chi connectivity index (χ1n) is 7.22. The van der Waals surface area contributed by atoms with Crippen molar-refractivity contribution >= 4 is 11.9 Å². The van der Waals surface area contributed by atoms with Crippen molar-refractivity contribution in [2.75, 3.05) is 19.8 Å². The summed E-state index contributed by atoms with van der Waals surface area (Å²) in [6.07, 6.45) is 1.34. The highest BCUT2D eigenvalue weighted by Gasteiger charge is 2.23. The number of nitrogens with one attached hydrogen (secondary N) is 1. The minimum absolute atomic E-state index is 0.136. The van der Waals surface area contributed by atoms with E-state index in [9.17, 15) is 9.59 Å². The lowest BCUT2D eigenvalue weighted by Gasteiger charge is -2.20. The van der Waals surface area contributed by atoms with E-state index < -0.39 is 0 Å². The molecule has 0 aromatic heterocycles. The zero-order chi connectivity index (χ0) is 15.1. The Morgan fingerprint density at radius 1 is 1.24 bits per heavy atom. The van der Waals surface area contributed by atoms with Crippen LogP contribution >= 0.6 is 0 Å². The summed E-state index contributed by atoms with van der Waals surface area (Å²) >= 11 is 0. The quantitative estimate of drug-likeness (QED) is 0.837. The van der Waals surface area contributed by atoms with Gasteiger partial charge in [0.1, 0.15) is 0 Å². The van der Waals surface area contributed by atoms with E-state index in [1.54, 1.807) is 0 Å². The molecule has 1 fully saturated rings. The highest BCUT2D eigenvalue weighted by molar-refractivity contribution is 5.81. The molecule has 1 aromatic rings. The second kappa shape index (κ2) is 7.78. The van der Waals surface area contributed by atoms with Crippen molar-refractivity contribution in [3.8, 4) is 0 Å². The first kappa shape index (κ1) is 15.5. The summed E-state index contributed by atoms with van der Waals surface area (Å²) in [5, 5.41) is 2.74. The molecule has 1 saturated heterocycles. The molecule has 0 radical (unpaired) electrons. The molecule has 1 aliphatic heterocycles. The third-order valence-corrected chi connectivity index (χ3v) is 3.51. The standard InChI is InChI=1S/C16H21NO4/c1-12-2-4-13(5-3-12)10-17-15(18)11-21-16(19)14-6-8-20-9-7-14/h2-5,14H,6-11H2,1H3,(H,17,18). The van der Waals surface area contributed by atoms with Gasteiger partial charge in [0.15, 0.2) is 6.61 Å². The Hall–Kier alpha value is -1.88. The molecule has 21 heavy (non-hydrogen) atoms. The number of carbonyl (C=O) groups excluding carboxylic acids is 2. The molecule has 5 nitrogen and oxygen atoms in total. The molecule has 0 bridgehead atoms. The predicted octanol–water partition coefficient (Wildman–Crippen LogP) is 1.58. The minimum atomic E-state index is -0.302. The Labute approximate surface area is 124 Å². The molecule has 0 unspecified atom stereocenters. The van der Waals surface area contributed by atoms with E-state index in [2.05, 4.69) is 5.32 Å². The second-order valence-corrected chi connectivity index (χ2v) is 5.26. The summed E-state index contributed by atoms with van der Waals surface area (Å²) in [5.74, 6) is -0.719. The smallest absolute Gasteiger partial charge is 0.309 e. The van der Waals surface area contributed by atoms with Crippen molar-refractivity contribution in [1.82, 2.24) is 5.32 Å². The Morgan fingerprint density at radius 2 is 1.90 bits per heavy atom. The maximum Gasteiger partial charge on any atom is 0.309 e. The number of amides is 1. The normalized spacial score (nSPS) is 15.5. The van der Waals surface area contributed by atoms with Crippen molar-refractivity contribution < 1.29 is 19.1 Å². The SMILES string of the molecule is Cc1ccc(CNC(=O)COC(=O)C2CCOCC2)cc1. The van der Waals surface area contributed by atoms with Gasteiger partial charge in [0, 0.05) is 19.8 Å². The van der Waals surface area contributed by atoms with E-state index in [1.807, 2.05) is 31.2 Å². The van der Waals surface area contributed by atoms with Gasteiger partial charge in [0.25, 0.3) is 5.91 Å². The zero-order valence-corrected chi connectivity index (χ0v) is 12.3. The van der Waals surface area contributed by atoms with Gasteiger partial charge in [-0.15, -0.1) is 0 Å². The topological polar surface area (TPSA) is 64.6 Å². The van der Waals surface area contributed by atoms with Gasteiger partial charge in [0.05, 0.1) is 5.92 Å². The van der Waals surface area contributed by atoms with Crippen molar-refractivity contribution in [2.24, 2.45) is 5.92 Å². The van der Waals surface area contributed by atoms with Crippen LogP contribution in [-0.4, -0.2) is 31.7 Å². The van der Waals surface area contributed by atoms with Crippen LogP contribution in [0, 0.1) is 12.8 Å². The van der Waals surface area contributed by atoms with E-state index >= 15 is 0 Å². The molecule has 0 spiro atoms. The van der Waals surface area contributed by atoms with E-state index in [-0.39, 0.29) is 24.4 Å². The Morgan fingerprint density at radius 3 is 2.57 bits per heavy atom. The van der Waals surface area contributed by atoms with Crippen LogP contribution in [0.2, 0.25) is 0 Å². The molecule has 0 atom stereocenters. The lowest BCUT2D eigenvalue weighted by Crippen LogP contribution is -2.31. The highest BCUT2D eigenvalue weighted by atomic mass is 16.5. The molecule has 1 heterocycles. The lowest BCUT2D eigenvalue weighted by atomic mass is 10.0. The summed E-state index contributed by atoms with van der Waals surface area (Å²) in [6, 6.07) is 7.91. The van der Waals surface area contributed by atoms with Gasteiger partial charge in [0.2, 0.25) is 0 Å². The van der Waals surface area contributed by atoms with Gasteiger partial charge in [-0.2, -0.15) is 0 Å². The number of ether oxygens (including phenoxy) is 2. The predicted molar refractivity (Wildman–Crippen MR) is 77.5 cm³/mol. The van der Waals surface area contributed by atoms with Crippen LogP contribution in [0.15, 0.2) is 24.3 Å². The fraction of sp³-hybridized carbons (Fsp3) is 0.500. The number of benzene rings is 1. The van der Waals surface area contributed by atoms with Crippen LogP contribution in [0.5, 0.6) is 0 Å². The average molecular weight is 291 g/mol. The monoisotopic (exact) mass is 291 g/mol. The van der Waals surface area contributed by atoms with Gasteiger partial charge in [-0.05, 0) is 25.3 Å². The lowest BCUT2D eigenvalue weighted by molar-refractivity contribution is -0.155. The average Bonchev–Trinajstić information content (AvgIpc) is 2.53. The van der Waals surface area contributed by atoms with E-state index in [4.69, 9.17) is 9.47 Å². The first-order chi connectivity index (χ1) is 10.1. The number of hydrogen-bond acceptors (Lipinski definition) is 4. The third kappa shape index (κ3) is 5.19. The molecular weight excluding hydrogens is 270 g/mol. The fourth-order valence-corrected chi connectivity index (χ4v) is 2.15. The van der Waals surface area contributed by atoms with Crippen molar-refractivity contribution in [3.05, 3.63) is 35.4 Å². The number of rotatable bonds is 5. The van der Waals surface area contributed by atoms with Crippen LogP contribution in [0.1, 0.15) is 24.0 Å². The van der Waals surface area contributed by atoms with E-state index in [0.717, 1.165) is 5.56 Å². The first-order valence-corrected chi connectivity index (χ1v) is 7.22. The van der Waals surface area contributed by atoms with Crippen LogP contribution in [0.3, 0.4) is 0 Å². The molecule has 1 amide bonds.